The van der Waals surface area contributed by atoms with Gasteiger partial charge in [0.2, 0.25) is 0 Å². The molecule has 0 bridgehead atoms. The van der Waals surface area contributed by atoms with Gasteiger partial charge in [-0.3, -0.25) is 0 Å². The van der Waals surface area contributed by atoms with Gasteiger partial charge in [-0.25, -0.2) is 0 Å². The molecule has 0 spiro atoms. The fraction of sp³-hybridized carbons (Fsp3) is 0.222. The summed E-state index contributed by atoms with van der Waals surface area (Å²) < 4.78 is 0. The highest BCUT2D eigenvalue weighted by molar-refractivity contribution is 6.04. The lowest BCUT2D eigenvalue weighted by atomic mass is 9.78. The van der Waals surface area contributed by atoms with E-state index in [-0.39, 0.29) is 5.41 Å². The highest BCUT2D eigenvalue weighted by atomic mass is 14.4. The van der Waals surface area contributed by atoms with Crippen molar-refractivity contribution in [3.63, 3.8) is 0 Å². The average Bonchev–Trinajstić information content (AvgIpc) is 3.80. The van der Waals surface area contributed by atoms with Gasteiger partial charge < -0.3 is 0 Å². The summed E-state index contributed by atoms with van der Waals surface area (Å²) in [6.07, 6.45) is 7.85. The van der Waals surface area contributed by atoms with Gasteiger partial charge >= 0.3 is 0 Å². The zero-order valence-electron chi connectivity index (χ0n) is 44.1. The van der Waals surface area contributed by atoms with Crippen LogP contribution in [0.4, 0.5) is 0 Å². The number of allylic oxidation sites excluding steroid dienone is 4. The van der Waals surface area contributed by atoms with Crippen LogP contribution in [0.3, 0.4) is 0 Å². The lowest BCUT2D eigenvalue weighted by Gasteiger charge is -2.26. The van der Waals surface area contributed by atoms with E-state index in [1.165, 1.54) is 118 Å². The van der Waals surface area contributed by atoms with E-state index in [0.717, 1.165) is 6.42 Å². The third-order valence-corrected chi connectivity index (χ3v) is 15.6. The summed E-state index contributed by atoms with van der Waals surface area (Å²) in [6, 6.07) is 75.3. The van der Waals surface area contributed by atoms with E-state index in [0.29, 0.717) is 17.8 Å². The minimum atomic E-state index is -0.0628. The highest BCUT2D eigenvalue weighted by Gasteiger charge is 2.38. The lowest BCUT2D eigenvalue weighted by molar-refractivity contribution is 0.615. The normalized spacial score (nSPS) is 14.9. The molecule has 0 fully saturated rings. The molecular formula is C72H72. The second kappa shape index (κ2) is 22.0. The molecule has 2 aliphatic rings. The van der Waals surface area contributed by atoms with Crippen molar-refractivity contribution in [3.8, 4) is 33.4 Å². The monoisotopic (exact) mass is 937 g/mol. The van der Waals surface area contributed by atoms with Crippen molar-refractivity contribution >= 4 is 16.3 Å². The summed E-state index contributed by atoms with van der Waals surface area (Å²) in [5, 5.41) is 2.76. The molecule has 0 amide bonds. The molecule has 3 unspecified atom stereocenters. The van der Waals surface area contributed by atoms with Crippen LogP contribution < -0.4 is 0 Å². The Morgan fingerprint density at radius 3 is 1.60 bits per heavy atom. The Kier molecular flexibility index (Phi) is 15.2. The second-order valence-corrected chi connectivity index (χ2v) is 20.9. The van der Waals surface area contributed by atoms with Crippen LogP contribution in [0.15, 0.2) is 224 Å². The molecule has 9 aromatic carbocycles. The van der Waals surface area contributed by atoms with Crippen LogP contribution in [0.5, 0.6) is 0 Å². The van der Waals surface area contributed by atoms with Crippen molar-refractivity contribution in [2.45, 2.75) is 105 Å². The summed E-state index contributed by atoms with van der Waals surface area (Å²) in [5.74, 6) is 1.31. The van der Waals surface area contributed by atoms with Crippen LogP contribution in [-0.2, 0) is 11.8 Å². The van der Waals surface area contributed by atoms with Crippen molar-refractivity contribution in [2.75, 3.05) is 0 Å². The van der Waals surface area contributed by atoms with Gasteiger partial charge in [-0.2, -0.15) is 0 Å². The van der Waals surface area contributed by atoms with Gasteiger partial charge in [0.1, 0.15) is 0 Å². The molecule has 0 heteroatoms. The molecule has 3 atom stereocenters. The van der Waals surface area contributed by atoms with Crippen LogP contribution in [0, 0.1) is 13.8 Å². The Morgan fingerprint density at radius 2 is 1.04 bits per heavy atom. The molecule has 72 heavy (non-hydrogen) atoms. The lowest BCUT2D eigenvalue weighted by Crippen LogP contribution is -2.16. The fourth-order valence-corrected chi connectivity index (χ4v) is 11.5. The first kappa shape index (κ1) is 49.7. The number of rotatable bonds is 10. The Labute approximate surface area is 431 Å². The third kappa shape index (κ3) is 10.4. The molecule has 0 radical (unpaired) electrons. The third-order valence-electron chi connectivity index (χ3n) is 15.6. The Hall–Kier alpha value is -7.28. The highest BCUT2D eigenvalue weighted by Crippen LogP contribution is 2.53. The number of aryl methyl sites for hydroxylation is 2. The molecule has 0 nitrogen and oxygen atoms in total. The standard InChI is InChI=1S/C46H48.C19H16.C7H8/c1-8-15-36-31(5)42-26-33(21-23-39(42)38(36)16-9-2)29(3)30(4)34-22-24-41-43(27-34)46(6,7)44-28-35(25-32-17-11-10-12-18-32)37-19-13-14-20-40(37)45(41)44;1-15-12-18(16-8-4-2-5-9-16)14-19(13-15)17-10-6-3-7-11-17;1-7-5-3-2-4-6-7/h9-14,16-24,26-31H,8,15,25H2,1-7H3;2-14H,1H3;2-6H,1H3/b16-9-;;. The minimum Gasteiger partial charge on any atom is -0.0870 e. The van der Waals surface area contributed by atoms with Crippen molar-refractivity contribution in [1.82, 2.24) is 0 Å². The maximum atomic E-state index is 2.54. The van der Waals surface area contributed by atoms with Gasteiger partial charge in [0.15, 0.2) is 0 Å². The zero-order valence-corrected chi connectivity index (χ0v) is 44.1. The SMILES string of the molecule is C/C=C\C1=C(CCC)C(C)c2cc(C(C)C(C)c3ccc4c(c3)C(C)(C)c3cc(Cc5ccccc5)c5ccccc5c3-4)ccc21.Cc1cc(-c2ccccc2)cc(-c2ccccc2)c1.Cc1ccccc1. The van der Waals surface area contributed by atoms with Crippen LogP contribution in [0.2, 0.25) is 0 Å². The Balaban J connectivity index is 0.000000200. The van der Waals surface area contributed by atoms with Crippen molar-refractivity contribution in [1.29, 1.82) is 0 Å². The van der Waals surface area contributed by atoms with E-state index in [1.807, 2.05) is 18.2 Å². The first-order valence-corrected chi connectivity index (χ1v) is 26.4. The Bertz CT molecular complexity index is 3290. The summed E-state index contributed by atoms with van der Waals surface area (Å²) in [7, 11) is 0. The molecule has 0 heterocycles. The van der Waals surface area contributed by atoms with Crippen LogP contribution in [0.25, 0.3) is 49.7 Å². The van der Waals surface area contributed by atoms with E-state index in [2.05, 4.69) is 263 Å². The van der Waals surface area contributed by atoms with Gasteiger partial charge in [-0.1, -0.05) is 271 Å². The molecular weight excluding hydrogens is 865 g/mol. The first-order valence-electron chi connectivity index (χ1n) is 26.4. The van der Waals surface area contributed by atoms with Crippen LogP contribution >= 0.6 is 0 Å². The summed E-state index contributed by atoms with van der Waals surface area (Å²) >= 11 is 0. The number of hydrogen-bond donors (Lipinski definition) is 0. The van der Waals surface area contributed by atoms with Gasteiger partial charge in [-0.05, 0) is 151 Å². The molecule has 360 valence electrons. The fourth-order valence-electron chi connectivity index (χ4n) is 11.5. The molecule has 0 aliphatic heterocycles. The largest absolute Gasteiger partial charge is 0.0870 e. The molecule has 0 saturated heterocycles. The summed E-state index contributed by atoms with van der Waals surface area (Å²) in [6.45, 7) is 20.8. The molecule has 9 aromatic rings. The number of benzene rings is 9. The van der Waals surface area contributed by atoms with E-state index in [9.17, 15) is 0 Å². The van der Waals surface area contributed by atoms with E-state index >= 15 is 0 Å². The maximum absolute atomic E-state index is 2.54. The summed E-state index contributed by atoms with van der Waals surface area (Å²) in [5.41, 5.74) is 25.1. The minimum absolute atomic E-state index is 0.0628. The molecule has 2 aliphatic carbocycles. The number of fused-ring (bicyclic) bond motifs is 6. The number of hydrogen-bond acceptors (Lipinski definition) is 0. The maximum Gasteiger partial charge on any atom is 0.0159 e. The molecule has 0 N–H and O–H groups in total. The predicted molar refractivity (Wildman–Crippen MR) is 312 cm³/mol. The quantitative estimate of drug-likeness (QED) is 0.128. The average molecular weight is 937 g/mol. The summed E-state index contributed by atoms with van der Waals surface area (Å²) in [4.78, 5) is 0. The molecule has 11 rings (SSSR count). The van der Waals surface area contributed by atoms with Gasteiger partial charge in [0.05, 0.1) is 0 Å². The predicted octanol–water partition coefficient (Wildman–Crippen LogP) is 20.2. The first-order chi connectivity index (χ1) is 35.0. The van der Waals surface area contributed by atoms with E-state index in [1.54, 1.807) is 5.57 Å². The van der Waals surface area contributed by atoms with Crippen molar-refractivity contribution < 1.29 is 0 Å². The van der Waals surface area contributed by atoms with Gasteiger partial charge in [0, 0.05) is 11.3 Å². The van der Waals surface area contributed by atoms with E-state index in [4.69, 9.17) is 0 Å². The molecule has 0 saturated carbocycles. The van der Waals surface area contributed by atoms with Crippen LogP contribution in [-0.4, -0.2) is 0 Å². The smallest absolute Gasteiger partial charge is 0.0159 e. The van der Waals surface area contributed by atoms with Crippen molar-refractivity contribution in [2.24, 2.45) is 0 Å². The van der Waals surface area contributed by atoms with E-state index < -0.39 is 0 Å². The zero-order chi connectivity index (χ0) is 50.4. The topological polar surface area (TPSA) is 0 Å². The van der Waals surface area contributed by atoms with Gasteiger partial charge in [0.25, 0.3) is 0 Å². The Morgan fingerprint density at radius 1 is 0.514 bits per heavy atom. The molecule has 0 aromatic heterocycles. The van der Waals surface area contributed by atoms with Crippen LogP contribution in [0.1, 0.15) is 135 Å². The second-order valence-electron chi connectivity index (χ2n) is 20.9. The van der Waals surface area contributed by atoms with Crippen molar-refractivity contribution in [3.05, 3.63) is 280 Å². The van der Waals surface area contributed by atoms with Gasteiger partial charge in [-0.15, -0.1) is 0 Å².